The van der Waals surface area contributed by atoms with E-state index >= 15 is 0 Å². The third-order valence-electron chi connectivity index (χ3n) is 5.54. The fraction of sp³-hybridized carbons (Fsp3) is 0.200. The molecular weight excluding hydrogens is 443 g/mol. The van der Waals surface area contributed by atoms with E-state index in [9.17, 15) is 9.18 Å². The molecule has 3 aromatic carbocycles. The van der Waals surface area contributed by atoms with Crippen LogP contribution in [0.3, 0.4) is 0 Å². The minimum atomic E-state index is -0.470. The molecule has 8 heteroatoms. The zero-order chi connectivity index (χ0) is 23.3. The van der Waals surface area contributed by atoms with E-state index in [4.69, 9.17) is 16.3 Å². The lowest BCUT2D eigenvalue weighted by Crippen LogP contribution is -2.25. The highest BCUT2D eigenvalue weighted by Crippen LogP contribution is 2.42. The molecule has 1 aromatic heterocycles. The van der Waals surface area contributed by atoms with Crippen molar-refractivity contribution in [2.45, 2.75) is 32.8 Å². The van der Waals surface area contributed by atoms with Gasteiger partial charge in [-0.15, -0.1) is 0 Å². The summed E-state index contributed by atoms with van der Waals surface area (Å²) in [5, 5.41) is 6.27. The largest absolute Gasteiger partial charge is 0.486 e. The molecule has 3 N–H and O–H groups in total. The second-order valence-corrected chi connectivity index (χ2v) is 9.23. The fourth-order valence-electron chi connectivity index (χ4n) is 4.00. The third kappa shape index (κ3) is 4.12. The average molecular weight is 465 g/mol. The first-order valence-corrected chi connectivity index (χ1v) is 10.9. The molecular formula is C25H22ClFN4O2. The number of aromatic nitrogens is 2. The number of nitrogens with zero attached hydrogens (tertiary/aromatic N) is 1. The maximum absolute atomic E-state index is 13.4. The summed E-state index contributed by atoms with van der Waals surface area (Å²) in [6, 6.07) is 13.4. The molecule has 0 unspecified atom stereocenters. The number of nitrogens with one attached hydrogen (secondary N) is 3. The zero-order valence-corrected chi connectivity index (χ0v) is 19.1. The summed E-state index contributed by atoms with van der Waals surface area (Å²) in [5.74, 6) is 0.286. The highest BCUT2D eigenvalue weighted by Gasteiger charge is 2.36. The lowest BCUT2D eigenvalue weighted by molar-refractivity contribution is 0.101. The van der Waals surface area contributed by atoms with E-state index in [-0.39, 0.29) is 10.9 Å². The lowest BCUT2D eigenvalue weighted by atomic mass is 9.98. The molecule has 0 saturated heterocycles. The van der Waals surface area contributed by atoms with E-state index in [1.807, 2.05) is 45.0 Å². The van der Waals surface area contributed by atoms with E-state index in [2.05, 4.69) is 20.6 Å². The first-order chi connectivity index (χ1) is 15.7. The number of hydrogen-bond acceptors (Lipinski definition) is 4. The monoisotopic (exact) mass is 464 g/mol. The Morgan fingerprint density at radius 2 is 1.94 bits per heavy atom. The van der Waals surface area contributed by atoms with Crippen LogP contribution < -0.4 is 15.4 Å². The van der Waals surface area contributed by atoms with E-state index in [1.165, 1.54) is 12.1 Å². The SMILES string of the molecule is Cc1ccc(NC(=O)c2cc3[nH]c(Nc4ccc(F)cc4Cl)nc3c3c2OC(C)(C)C3)cc1. The number of anilines is 3. The maximum Gasteiger partial charge on any atom is 0.259 e. The molecule has 0 saturated carbocycles. The Kier molecular flexibility index (Phi) is 5.01. The Morgan fingerprint density at radius 3 is 2.67 bits per heavy atom. The van der Waals surface area contributed by atoms with Gasteiger partial charge in [0, 0.05) is 17.7 Å². The molecule has 1 aliphatic rings. The van der Waals surface area contributed by atoms with Crippen molar-refractivity contribution < 1.29 is 13.9 Å². The molecule has 1 amide bonds. The molecule has 33 heavy (non-hydrogen) atoms. The number of benzene rings is 3. The second-order valence-electron chi connectivity index (χ2n) is 8.82. The third-order valence-corrected chi connectivity index (χ3v) is 5.86. The number of rotatable bonds is 4. The Hall–Kier alpha value is -3.58. The molecule has 0 fully saturated rings. The highest BCUT2D eigenvalue weighted by molar-refractivity contribution is 6.33. The summed E-state index contributed by atoms with van der Waals surface area (Å²) in [6.45, 7) is 5.94. The van der Waals surface area contributed by atoms with Crippen LogP contribution in [0.1, 0.15) is 35.3 Å². The van der Waals surface area contributed by atoms with Gasteiger partial charge in [0.05, 0.1) is 27.3 Å². The van der Waals surface area contributed by atoms with E-state index in [1.54, 1.807) is 12.1 Å². The van der Waals surface area contributed by atoms with Crippen molar-refractivity contribution in [3.05, 3.63) is 76.1 Å². The van der Waals surface area contributed by atoms with Crippen molar-refractivity contribution in [2.24, 2.45) is 0 Å². The van der Waals surface area contributed by atoms with E-state index < -0.39 is 11.4 Å². The number of hydrogen-bond donors (Lipinski definition) is 3. The van der Waals surface area contributed by atoms with Crippen LogP contribution >= 0.6 is 11.6 Å². The lowest BCUT2D eigenvalue weighted by Gasteiger charge is -2.18. The minimum absolute atomic E-state index is 0.239. The number of fused-ring (bicyclic) bond motifs is 3. The van der Waals surface area contributed by atoms with Gasteiger partial charge in [-0.05, 0) is 57.2 Å². The summed E-state index contributed by atoms with van der Waals surface area (Å²) in [6.07, 6.45) is 0.603. The predicted octanol–water partition coefficient (Wildman–Crippen LogP) is 6.37. The van der Waals surface area contributed by atoms with Crippen LogP contribution in [-0.2, 0) is 6.42 Å². The summed E-state index contributed by atoms with van der Waals surface area (Å²) >= 11 is 6.15. The molecule has 4 aromatic rings. The van der Waals surface area contributed by atoms with Crippen molar-refractivity contribution in [2.75, 3.05) is 10.6 Å². The molecule has 2 heterocycles. The number of carbonyl (C=O) groups is 1. The van der Waals surface area contributed by atoms with Gasteiger partial charge in [-0.2, -0.15) is 0 Å². The molecule has 0 aliphatic carbocycles. The molecule has 5 rings (SSSR count). The number of carbonyl (C=O) groups excluding carboxylic acids is 1. The van der Waals surface area contributed by atoms with Crippen LogP contribution in [-0.4, -0.2) is 21.5 Å². The first kappa shape index (κ1) is 21.3. The van der Waals surface area contributed by atoms with Crippen molar-refractivity contribution >= 4 is 45.9 Å². The van der Waals surface area contributed by atoms with Gasteiger partial charge in [0.1, 0.15) is 17.2 Å². The van der Waals surface area contributed by atoms with Crippen LogP contribution in [0.5, 0.6) is 5.75 Å². The molecule has 0 bridgehead atoms. The Morgan fingerprint density at radius 1 is 1.18 bits per heavy atom. The minimum Gasteiger partial charge on any atom is -0.486 e. The molecule has 0 radical (unpaired) electrons. The fourth-order valence-corrected chi connectivity index (χ4v) is 4.22. The molecule has 168 valence electrons. The van der Waals surface area contributed by atoms with Crippen molar-refractivity contribution in [3.8, 4) is 5.75 Å². The zero-order valence-electron chi connectivity index (χ0n) is 18.3. The number of imidazole rings is 1. The standard InChI is InChI=1S/C25H22ClFN4O2/c1-13-4-7-15(8-5-13)28-23(32)16-11-20-21(17-12-25(2,3)33-22(16)17)31-24(30-20)29-19-9-6-14(27)10-18(19)26/h4-11H,12H2,1-3H3,(H,28,32)(H2,29,30,31). The van der Waals surface area contributed by atoms with Crippen molar-refractivity contribution in [3.63, 3.8) is 0 Å². The predicted molar refractivity (Wildman–Crippen MR) is 128 cm³/mol. The molecule has 6 nitrogen and oxygen atoms in total. The van der Waals surface area contributed by atoms with Gasteiger partial charge in [0.25, 0.3) is 5.91 Å². The Labute approximate surface area is 195 Å². The topological polar surface area (TPSA) is 79.0 Å². The quantitative estimate of drug-likeness (QED) is 0.327. The number of amides is 1. The van der Waals surface area contributed by atoms with Gasteiger partial charge < -0.3 is 20.4 Å². The van der Waals surface area contributed by atoms with Gasteiger partial charge in [-0.25, -0.2) is 9.37 Å². The molecule has 1 aliphatic heterocycles. The van der Waals surface area contributed by atoms with E-state index in [0.717, 1.165) is 11.1 Å². The summed E-state index contributed by atoms with van der Waals surface area (Å²) in [4.78, 5) is 21.1. The van der Waals surface area contributed by atoms with Crippen LogP contribution in [0.15, 0.2) is 48.5 Å². The van der Waals surface area contributed by atoms with Crippen LogP contribution in [0.25, 0.3) is 11.0 Å². The van der Waals surface area contributed by atoms with Crippen LogP contribution in [0.2, 0.25) is 5.02 Å². The second kappa shape index (κ2) is 7.78. The van der Waals surface area contributed by atoms with Gasteiger partial charge in [-0.3, -0.25) is 4.79 Å². The van der Waals surface area contributed by atoms with Gasteiger partial charge >= 0.3 is 0 Å². The van der Waals surface area contributed by atoms with Gasteiger partial charge in [0.2, 0.25) is 5.95 Å². The highest BCUT2D eigenvalue weighted by atomic mass is 35.5. The summed E-state index contributed by atoms with van der Waals surface area (Å²) in [5.41, 5.74) is 4.55. The summed E-state index contributed by atoms with van der Waals surface area (Å²) < 4.78 is 19.6. The summed E-state index contributed by atoms with van der Waals surface area (Å²) in [7, 11) is 0. The normalized spacial score (nSPS) is 14.1. The van der Waals surface area contributed by atoms with Crippen LogP contribution in [0, 0.1) is 12.7 Å². The maximum atomic E-state index is 13.4. The van der Waals surface area contributed by atoms with E-state index in [0.29, 0.717) is 46.1 Å². The Bertz CT molecular complexity index is 1400. The number of ether oxygens (including phenoxy) is 1. The smallest absolute Gasteiger partial charge is 0.259 e. The molecule has 0 atom stereocenters. The van der Waals surface area contributed by atoms with Gasteiger partial charge in [0.15, 0.2) is 0 Å². The Balaban J connectivity index is 1.54. The number of halogens is 2. The van der Waals surface area contributed by atoms with Crippen LogP contribution in [0.4, 0.5) is 21.7 Å². The number of aryl methyl sites for hydroxylation is 1. The van der Waals surface area contributed by atoms with Crippen molar-refractivity contribution in [1.82, 2.24) is 9.97 Å². The first-order valence-electron chi connectivity index (χ1n) is 10.5. The number of aromatic amines is 1. The number of H-pyrrole nitrogens is 1. The molecule has 0 spiro atoms. The van der Waals surface area contributed by atoms with Gasteiger partial charge in [-0.1, -0.05) is 29.3 Å². The average Bonchev–Trinajstić information content (AvgIpc) is 3.30. The van der Waals surface area contributed by atoms with Crippen molar-refractivity contribution in [1.29, 1.82) is 0 Å².